The molecule has 1 aromatic carbocycles. The van der Waals surface area contributed by atoms with Crippen molar-refractivity contribution in [1.82, 2.24) is 5.32 Å². The van der Waals surface area contributed by atoms with Crippen molar-refractivity contribution in [3.63, 3.8) is 0 Å². The Morgan fingerprint density at radius 3 is 2.53 bits per heavy atom. The minimum atomic E-state index is 0.500. The van der Waals surface area contributed by atoms with Crippen molar-refractivity contribution in [3.8, 4) is 0 Å². The molecule has 2 atom stereocenters. The third-order valence-corrected chi connectivity index (χ3v) is 3.85. The highest BCUT2D eigenvalue weighted by Crippen LogP contribution is 2.25. The van der Waals surface area contributed by atoms with Crippen LogP contribution in [0.25, 0.3) is 0 Å². The van der Waals surface area contributed by atoms with E-state index in [1.165, 1.54) is 0 Å². The van der Waals surface area contributed by atoms with Gasteiger partial charge in [0, 0.05) is 16.1 Å². The number of hydrogen-bond acceptors (Lipinski definition) is 1. The minimum absolute atomic E-state index is 0.500. The molecule has 0 radical (unpaired) electrons. The molecule has 0 bridgehead atoms. The molecule has 96 valence electrons. The van der Waals surface area contributed by atoms with E-state index < -0.39 is 0 Å². The molecule has 0 aliphatic rings. The standard InChI is InChI=1S/C14H21Cl2N/c1-4-11(10(3)17-5-2)8-12-9-13(15)6-7-14(12)16/h6-7,9-11,17H,4-5,8H2,1-3H3. The van der Waals surface area contributed by atoms with Crippen LogP contribution < -0.4 is 5.32 Å². The van der Waals surface area contributed by atoms with Gasteiger partial charge in [0.2, 0.25) is 0 Å². The molecule has 0 amide bonds. The van der Waals surface area contributed by atoms with Crippen LogP contribution in [0.15, 0.2) is 18.2 Å². The summed E-state index contributed by atoms with van der Waals surface area (Å²) in [5.74, 6) is 0.589. The van der Waals surface area contributed by atoms with E-state index in [1.807, 2.05) is 18.2 Å². The molecule has 1 aromatic rings. The van der Waals surface area contributed by atoms with Crippen molar-refractivity contribution in [2.24, 2.45) is 5.92 Å². The average molecular weight is 274 g/mol. The lowest BCUT2D eigenvalue weighted by molar-refractivity contribution is 0.368. The molecule has 1 N–H and O–H groups in total. The maximum Gasteiger partial charge on any atom is 0.0439 e. The van der Waals surface area contributed by atoms with Crippen LogP contribution in [-0.2, 0) is 6.42 Å². The van der Waals surface area contributed by atoms with E-state index in [0.29, 0.717) is 12.0 Å². The van der Waals surface area contributed by atoms with Crippen LogP contribution in [0.4, 0.5) is 0 Å². The molecule has 3 heteroatoms. The number of rotatable bonds is 6. The molecule has 0 aliphatic carbocycles. The largest absolute Gasteiger partial charge is 0.314 e. The zero-order valence-electron chi connectivity index (χ0n) is 10.8. The summed E-state index contributed by atoms with van der Waals surface area (Å²) in [7, 11) is 0. The van der Waals surface area contributed by atoms with Crippen LogP contribution in [0, 0.1) is 5.92 Å². The van der Waals surface area contributed by atoms with Crippen LogP contribution >= 0.6 is 23.2 Å². The van der Waals surface area contributed by atoms with Crippen molar-refractivity contribution in [2.45, 2.75) is 39.7 Å². The molecule has 0 spiro atoms. The first kappa shape index (κ1) is 14.8. The normalized spacial score (nSPS) is 14.6. The molecule has 0 saturated heterocycles. The summed E-state index contributed by atoms with van der Waals surface area (Å²) >= 11 is 12.2. The molecule has 1 nitrogen and oxygen atoms in total. The zero-order chi connectivity index (χ0) is 12.8. The Morgan fingerprint density at radius 1 is 1.24 bits per heavy atom. The minimum Gasteiger partial charge on any atom is -0.314 e. The van der Waals surface area contributed by atoms with E-state index in [9.17, 15) is 0 Å². The molecule has 0 aliphatic heterocycles. The maximum atomic E-state index is 6.20. The highest BCUT2D eigenvalue weighted by molar-refractivity contribution is 6.33. The Morgan fingerprint density at radius 2 is 1.94 bits per heavy atom. The van der Waals surface area contributed by atoms with Gasteiger partial charge >= 0.3 is 0 Å². The van der Waals surface area contributed by atoms with Crippen LogP contribution in [0.3, 0.4) is 0 Å². The fourth-order valence-corrected chi connectivity index (χ4v) is 2.53. The molecule has 0 fully saturated rings. The second-order valence-corrected chi connectivity index (χ2v) is 5.30. The molecule has 1 rings (SSSR count). The Bertz CT molecular complexity index is 352. The fraction of sp³-hybridized carbons (Fsp3) is 0.571. The molecule has 0 saturated carbocycles. The predicted octanol–water partition coefficient (Wildman–Crippen LogP) is 4.56. The van der Waals surface area contributed by atoms with E-state index >= 15 is 0 Å². The maximum absolute atomic E-state index is 6.20. The summed E-state index contributed by atoms with van der Waals surface area (Å²) in [6.45, 7) is 7.59. The molecule has 2 unspecified atom stereocenters. The molecular weight excluding hydrogens is 253 g/mol. The van der Waals surface area contributed by atoms with E-state index in [4.69, 9.17) is 23.2 Å². The van der Waals surface area contributed by atoms with Crippen molar-refractivity contribution < 1.29 is 0 Å². The SMILES string of the molecule is CCNC(C)C(CC)Cc1cc(Cl)ccc1Cl. The third-order valence-electron chi connectivity index (χ3n) is 3.25. The highest BCUT2D eigenvalue weighted by atomic mass is 35.5. The van der Waals surface area contributed by atoms with E-state index in [0.717, 1.165) is 35.0 Å². The lowest BCUT2D eigenvalue weighted by Gasteiger charge is -2.24. The topological polar surface area (TPSA) is 12.0 Å². The summed E-state index contributed by atoms with van der Waals surface area (Å²) in [6, 6.07) is 6.19. The summed E-state index contributed by atoms with van der Waals surface area (Å²) in [4.78, 5) is 0. The van der Waals surface area contributed by atoms with Crippen molar-refractivity contribution >= 4 is 23.2 Å². The first-order chi connectivity index (χ1) is 8.08. The average Bonchev–Trinajstić information content (AvgIpc) is 2.30. The monoisotopic (exact) mass is 273 g/mol. The number of hydrogen-bond donors (Lipinski definition) is 1. The summed E-state index contributed by atoms with van der Waals surface area (Å²) in [5, 5.41) is 5.05. The van der Waals surface area contributed by atoms with Gasteiger partial charge in [-0.05, 0) is 49.6 Å². The zero-order valence-corrected chi connectivity index (χ0v) is 12.3. The fourth-order valence-electron chi connectivity index (χ4n) is 2.15. The lowest BCUT2D eigenvalue weighted by Crippen LogP contribution is -2.34. The lowest BCUT2D eigenvalue weighted by atomic mass is 9.91. The van der Waals surface area contributed by atoms with Crippen LogP contribution in [-0.4, -0.2) is 12.6 Å². The van der Waals surface area contributed by atoms with Crippen molar-refractivity contribution in [1.29, 1.82) is 0 Å². The molecule has 0 heterocycles. The first-order valence-electron chi connectivity index (χ1n) is 6.25. The predicted molar refractivity (Wildman–Crippen MR) is 77.1 cm³/mol. The molecular formula is C14H21Cl2N. The third kappa shape index (κ3) is 4.50. The summed E-state index contributed by atoms with van der Waals surface area (Å²) in [6.07, 6.45) is 2.11. The molecule has 17 heavy (non-hydrogen) atoms. The van der Waals surface area contributed by atoms with Gasteiger partial charge in [-0.2, -0.15) is 0 Å². The van der Waals surface area contributed by atoms with E-state index in [1.54, 1.807) is 0 Å². The van der Waals surface area contributed by atoms with Gasteiger partial charge in [-0.15, -0.1) is 0 Å². The van der Waals surface area contributed by atoms with E-state index in [-0.39, 0.29) is 0 Å². The number of nitrogens with one attached hydrogen (secondary N) is 1. The van der Waals surface area contributed by atoms with Crippen molar-refractivity contribution in [2.75, 3.05) is 6.54 Å². The summed E-state index contributed by atoms with van der Waals surface area (Å²) < 4.78 is 0. The van der Waals surface area contributed by atoms with Gasteiger partial charge in [-0.1, -0.05) is 43.5 Å². The van der Waals surface area contributed by atoms with Crippen LogP contribution in [0.1, 0.15) is 32.8 Å². The molecule has 0 aromatic heterocycles. The summed E-state index contributed by atoms with van der Waals surface area (Å²) in [5.41, 5.74) is 1.15. The van der Waals surface area contributed by atoms with Gasteiger partial charge in [0.25, 0.3) is 0 Å². The van der Waals surface area contributed by atoms with Gasteiger partial charge in [-0.25, -0.2) is 0 Å². The second kappa shape index (κ2) is 7.25. The van der Waals surface area contributed by atoms with E-state index in [2.05, 4.69) is 26.1 Å². The number of benzene rings is 1. The van der Waals surface area contributed by atoms with Gasteiger partial charge in [0.1, 0.15) is 0 Å². The second-order valence-electron chi connectivity index (χ2n) is 4.45. The van der Waals surface area contributed by atoms with Crippen LogP contribution in [0.2, 0.25) is 10.0 Å². The Balaban J connectivity index is 2.76. The Labute approximate surface area is 115 Å². The van der Waals surface area contributed by atoms with Gasteiger partial charge in [-0.3, -0.25) is 0 Å². The highest BCUT2D eigenvalue weighted by Gasteiger charge is 2.16. The van der Waals surface area contributed by atoms with Crippen molar-refractivity contribution in [3.05, 3.63) is 33.8 Å². The number of halogens is 2. The van der Waals surface area contributed by atoms with Gasteiger partial charge < -0.3 is 5.32 Å². The van der Waals surface area contributed by atoms with Crippen LogP contribution in [0.5, 0.6) is 0 Å². The first-order valence-corrected chi connectivity index (χ1v) is 7.01. The quantitative estimate of drug-likeness (QED) is 0.801. The Hall–Kier alpha value is -0.240. The van der Waals surface area contributed by atoms with Gasteiger partial charge in [0.05, 0.1) is 0 Å². The smallest absolute Gasteiger partial charge is 0.0439 e. The Kier molecular flexibility index (Phi) is 6.32. The van der Waals surface area contributed by atoms with Gasteiger partial charge in [0.15, 0.2) is 0 Å².